The van der Waals surface area contributed by atoms with Crippen molar-refractivity contribution in [3.8, 4) is 5.69 Å². The number of hydrogen-bond donors (Lipinski definition) is 1. The van der Waals surface area contributed by atoms with Crippen molar-refractivity contribution in [2.45, 2.75) is 26.2 Å². The largest absolute Gasteiger partial charge is 0.385 e. The molecular formula is C16H16N2O2. The molecule has 0 aliphatic heterocycles. The molecule has 1 heterocycles. The van der Waals surface area contributed by atoms with Crippen molar-refractivity contribution in [2.24, 2.45) is 0 Å². The molecule has 1 aliphatic carbocycles. The Hall–Kier alpha value is -2.36. The lowest BCUT2D eigenvalue weighted by molar-refractivity contribution is 0.0970. The Balaban J connectivity index is 2.31. The molecule has 0 radical (unpaired) electrons. The van der Waals surface area contributed by atoms with Gasteiger partial charge in [-0.2, -0.15) is 0 Å². The summed E-state index contributed by atoms with van der Waals surface area (Å²) < 4.78 is 1.83. The van der Waals surface area contributed by atoms with E-state index < -0.39 is 0 Å². The zero-order valence-corrected chi connectivity index (χ0v) is 11.3. The zero-order valence-electron chi connectivity index (χ0n) is 11.3. The third-order valence-corrected chi connectivity index (χ3v) is 3.73. The van der Waals surface area contributed by atoms with Gasteiger partial charge in [0.2, 0.25) is 0 Å². The summed E-state index contributed by atoms with van der Waals surface area (Å²) in [6.07, 6.45) is 1.91. The molecule has 0 unspecified atom stereocenters. The molecule has 0 saturated carbocycles. The van der Waals surface area contributed by atoms with Gasteiger partial charge in [0.15, 0.2) is 11.2 Å². The number of Topliss-reactive ketones (excluding diaryl/α,β-unsaturated/α-hetero) is 1. The quantitative estimate of drug-likeness (QED) is 0.862. The van der Waals surface area contributed by atoms with Crippen molar-refractivity contribution in [3.05, 3.63) is 57.4 Å². The SMILES string of the molecule is Cc1ccc(-n2c(N)cc(=O)c3c2CCCC3=O)cc1. The van der Waals surface area contributed by atoms with E-state index in [1.54, 1.807) is 0 Å². The van der Waals surface area contributed by atoms with Crippen molar-refractivity contribution < 1.29 is 4.79 Å². The average molecular weight is 268 g/mol. The third-order valence-electron chi connectivity index (χ3n) is 3.73. The Morgan fingerprint density at radius 1 is 1.10 bits per heavy atom. The maximum atomic E-state index is 12.0. The van der Waals surface area contributed by atoms with Crippen LogP contribution in [0.3, 0.4) is 0 Å². The molecule has 0 spiro atoms. The van der Waals surface area contributed by atoms with Crippen LogP contribution in [0.15, 0.2) is 35.1 Å². The van der Waals surface area contributed by atoms with Gasteiger partial charge in [0.05, 0.1) is 5.56 Å². The van der Waals surface area contributed by atoms with E-state index in [-0.39, 0.29) is 11.2 Å². The number of anilines is 1. The smallest absolute Gasteiger partial charge is 0.194 e. The van der Waals surface area contributed by atoms with Gasteiger partial charge in [-0.15, -0.1) is 0 Å². The number of nitrogens with zero attached hydrogens (tertiary/aromatic N) is 1. The number of carbonyl (C=O) groups excluding carboxylic acids is 1. The molecule has 20 heavy (non-hydrogen) atoms. The van der Waals surface area contributed by atoms with Crippen molar-refractivity contribution in [3.63, 3.8) is 0 Å². The summed E-state index contributed by atoms with van der Waals surface area (Å²) in [6, 6.07) is 9.24. The number of pyridine rings is 1. The van der Waals surface area contributed by atoms with E-state index in [4.69, 9.17) is 5.73 Å². The summed E-state index contributed by atoms with van der Waals surface area (Å²) in [6.45, 7) is 2.01. The molecule has 1 aliphatic rings. The minimum Gasteiger partial charge on any atom is -0.385 e. The number of nitrogen functional groups attached to an aromatic ring is 1. The van der Waals surface area contributed by atoms with Gasteiger partial charge in [-0.3, -0.25) is 14.2 Å². The monoisotopic (exact) mass is 268 g/mol. The number of carbonyl (C=O) groups is 1. The van der Waals surface area contributed by atoms with E-state index in [2.05, 4.69) is 0 Å². The normalized spacial score (nSPS) is 14.2. The summed E-state index contributed by atoms with van der Waals surface area (Å²) >= 11 is 0. The van der Waals surface area contributed by atoms with E-state index >= 15 is 0 Å². The van der Waals surface area contributed by atoms with Gasteiger partial charge in [-0.1, -0.05) is 17.7 Å². The average Bonchev–Trinajstić information content (AvgIpc) is 2.40. The highest BCUT2D eigenvalue weighted by Gasteiger charge is 2.24. The number of fused-ring (bicyclic) bond motifs is 1. The highest BCUT2D eigenvalue weighted by atomic mass is 16.1. The number of hydrogen-bond acceptors (Lipinski definition) is 3. The lowest BCUT2D eigenvalue weighted by Gasteiger charge is -2.22. The van der Waals surface area contributed by atoms with E-state index in [1.807, 2.05) is 35.8 Å². The zero-order chi connectivity index (χ0) is 14.3. The summed E-state index contributed by atoms with van der Waals surface area (Å²) in [5.74, 6) is 0.310. The van der Waals surface area contributed by atoms with E-state index in [1.165, 1.54) is 6.07 Å². The number of rotatable bonds is 1. The standard InChI is InChI=1S/C16H16N2O2/c1-10-5-7-11(8-6-10)18-12-3-2-4-13(19)16(12)14(20)9-15(18)17/h5-9H,2-4,17H2,1H3. The first-order valence-corrected chi connectivity index (χ1v) is 6.72. The van der Waals surface area contributed by atoms with E-state index in [9.17, 15) is 9.59 Å². The highest BCUT2D eigenvalue weighted by Crippen LogP contribution is 2.24. The predicted molar refractivity (Wildman–Crippen MR) is 78.5 cm³/mol. The maximum absolute atomic E-state index is 12.0. The Labute approximate surface area is 116 Å². The molecular weight excluding hydrogens is 252 g/mol. The number of nitrogens with two attached hydrogens (primary N) is 1. The molecule has 102 valence electrons. The number of aromatic nitrogens is 1. The van der Waals surface area contributed by atoms with Crippen LogP contribution < -0.4 is 11.2 Å². The second-order valence-electron chi connectivity index (χ2n) is 5.20. The van der Waals surface area contributed by atoms with Crippen LogP contribution in [-0.2, 0) is 6.42 Å². The van der Waals surface area contributed by atoms with Gasteiger partial charge >= 0.3 is 0 Å². The minimum absolute atomic E-state index is 0.0721. The fourth-order valence-corrected chi connectivity index (χ4v) is 2.76. The van der Waals surface area contributed by atoms with Gasteiger partial charge in [0, 0.05) is 23.9 Å². The fraction of sp³-hybridized carbons (Fsp3) is 0.250. The van der Waals surface area contributed by atoms with Crippen LogP contribution in [0.5, 0.6) is 0 Å². The van der Waals surface area contributed by atoms with Gasteiger partial charge in [-0.05, 0) is 31.9 Å². The molecule has 0 atom stereocenters. The Kier molecular flexibility index (Phi) is 2.93. The van der Waals surface area contributed by atoms with E-state index in [0.717, 1.165) is 23.4 Å². The van der Waals surface area contributed by atoms with Crippen LogP contribution in [0.4, 0.5) is 5.82 Å². The van der Waals surface area contributed by atoms with Gasteiger partial charge in [0.25, 0.3) is 0 Å². The van der Waals surface area contributed by atoms with Crippen LogP contribution in [-0.4, -0.2) is 10.4 Å². The topological polar surface area (TPSA) is 65.1 Å². The van der Waals surface area contributed by atoms with Gasteiger partial charge in [-0.25, -0.2) is 0 Å². The molecule has 4 nitrogen and oxygen atoms in total. The summed E-state index contributed by atoms with van der Waals surface area (Å²) in [7, 11) is 0. The minimum atomic E-state index is -0.259. The molecule has 0 amide bonds. The molecule has 2 N–H and O–H groups in total. The molecule has 3 rings (SSSR count). The van der Waals surface area contributed by atoms with Crippen LogP contribution in [0.1, 0.15) is 34.5 Å². The van der Waals surface area contributed by atoms with Crippen molar-refractivity contribution in [2.75, 3.05) is 5.73 Å². The van der Waals surface area contributed by atoms with E-state index in [0.29, 0.717) is 24.2 Å². The van der Waals surface area contributed by atoms with Gasteiger partial charge in [0.1, 0.15) is 5.82 Å². The molecule has 0 bridgehead atoms. The Bertz CT molecular complexity index is 742. The molecule has 0 saturated heterocycles. The highest BCUT2D eigenvalue weighted by molar-refractivity contribution is 5.98. The first-order valence-electron chi connectivity index (χ1n) is 6.72. The van der Waals surface area contributed by atoms with Crippen molar-refractivity contribution in [1.29, 1.82) is 0 Å². The first-order chi connectivity index (χ1) is 9.58. The predicted octanol–water partition coefficient (Wildman–Crippen LogP) is 2.25. The number of ketones is 1. The summed E-state index contributed by atoms with van der Waals surface area (Å²) in [4.78, 5) is 24.0. The molecule has 4 heteroatoms. The second kappa shape index (κ2) is 4.63. The van der Waals surface area contributed by atoms with Crippen LogP contribution >= 0.6 is 0 Å². The van der Waals surface area contributed by atoms with Crippen LogP contribution in [0.25, 0.3) is 5.69 Å². The Morgan fingerprint density at radius 2 is 1.80 bits per heavy atom. The summed E-state index contributed by atoms with van der Waals surface area (Å²) in [5, 5.41) is 0. The molecule has 1 aromatic heterocycles. The first kappa shape index (κ1) is 12.7. The lowest BCUT2D eigenvalue weighted by atomic mass is 9.93. The van der Waals surface area contributed by atoms with Crippen LogP contribution in [0.2, 0.25) is 0 Å². The maximum Gasteiger partial charge on any atom is 0.194 e. The summed E-state index contributed by atoms with van der Waals surface area (Å²) in [5.41, 5.74) is 8.85. The van der Waals surface area contributed by atoms with Crippen molar-refractivity contribution in [1.82, 2.24) is 4.57 Å². The molecule has 2 aromatic rings. The number of aryl methyl sites for hydroxylation is 1. The molecule has 1 aromatic carbocycles. The fourth-order valence-electron chi connectivity index (χ4n) is 2.76. The lowest BCUT2D eigenvalue weighted by Crippen LogP contribution is -2.27. The Morgan fingerprint density at radius 3 is 2.50 bits per heavy atom. The third kappa shape index (κ3) is 1.93. The molecule has 0 fully saturated rings. The number of benzene rings is 1. The van der Waals surface area contributed by atoms with Crippen molar-refractivity contribution >= 4 is 11.6 Å². The van der Waals surface area contributed by atoms with Gasteiger partial charge < -0.3 is 5.73 Å². The second-order valence-corrected chi connectivity index (χ2v) is 5.20. The van der Waals surface area contributed by atoms with Crippen LogP contribution in [0, 0.1) is 6.92 Å².